The maximum absolute atomic E-state index is 14.9. The number of hydrogen-bond acceptors (Lipinski definition) is 6. The molecule has 204 valence electrons. The summed E-state index contributed by atoms with van der Waals surface area (Å²) in [6.45, 7) is 6.05. The fourth-order valence-corrected chi connectivity index (χ4v) is 6.31. The van der Waals surface area contributed by atoms with Crippen LogP contribution in [0.1, 0.15) is 40.2 Å². The van der Waals surface area contributed by atoms with Crippen LogP contribution >= 0.6 is 0 Å². The van der Waals surface area contributed by atoms with E-state index in [1.54, 1.807) is 19.4 Å². The van der Waals surface area contributed by atoms with Crippen LogP contribution in [0.5, 0.6) is 5.75 Å². The van der Waals surface area contributed by atoms with Crippen LogP contribution in [0, 0.1) is 5.82 Å². The fourth-order valence-electron chi connectivity index (χ4n) is 6.31. The summed E-state index contributed by atoms with van der Waals surface area (Å²) < 4.78 is 20.5. The Hall–Kier alpha value is -3.49. The highest BCUT2D eigenvalue weighted by atomic mass is 19.1. The number of ether oxygens (including phenoxy) is 1. The molecule has 1 N–H and O–H groups in total. The third-order valence-electron chi connectivity index (χ3n) is 8.56. The van der Waals surface area contributed by atoms with E-state index in [1.807, 2.05) is 23.1 Å². The number of para-hydroxylation sites is 1. The number of anilines is 1. The third-order valence-corrected chi connectivity index (χ3v) is 8.56. The minimum absolute atomic E-state index is 0.0686. The number of fused-ring (bicyclic) bond motifs is 1. The quantitative estimate of drug-likeness (QED) is 0.532. The van der Waals surface area contributed by atoms with Crippen molar-refractivity contribution in [1.29, 1.82) is 0 Å². The maximum Gasteiger partial charge on any atom is 0.254 e. The molecule has 1 atom stereocenters. The molecule has 3 aliphatic heterocycles. The Labute approximate surface area is 229 Å². The molecule has 8 heteroatoms. The second kappa shape index (κ2) is 10.9. The molecule has 4 heterocycles. The fraction of sp³-hybridized carbons (Fsp3) is 0.419. The molecule has 3 aromatic rings. The number of likely N-dealkylation sites (tertiary alicyclic amines) is 1. The van der Waals surface area contributed by atoms with Gasteiger partial charge in [-0.25, -0.2) is 9.37 Å². The summed E-state index contributed by atoms with van der Waals surface area (Å²) in [5, 5.41) is 3.38. The standard InChI is InChI=1S/C31H36FN5O2/c1-35-9-7-25(8-10-35)36-11-13-37(14-12-36)31(38)22-15-21(16-24(32)17-22)23-18-27-28(20-34-30(27)33-19-23)26-5-3-4-6-29(26)39-2/h3-6,15-19,25,28H,7-14,20H2,1-2H3,(H,33,34). The van der Waals surface area contributed by atoms with Gasteiger partial charge in [-0.2, -0.15) is 0 Å². The molecular formula is C31H36FN5O2. The van der Waals surface area contributed by atoms with Gasteiger partial charge in [-0.15, -0.1) is 0 Å². The molecular weight excluding hydrogens is 493 g/mol. The molecule has 6 rings (SSSR count). The zero-order valence-electron chi connectivity index (χ0n) is 22.7. The monoisotopic (exact) mass is 529 g/mol. The second-order valence-electron chi connectivity index (χ2n) is 10.9. The molecule has 0 aliphatic carbocycles. The highest BCUT2D eigenvalue weighted by molar-refractivity contribution is 5.95. The largest absolute Gasteiger partial charge is 0.496 e. The van der Waals surface area contributed by atoms with Crippen LogP contribution in [-0.2, 0) is 0 Å². The van der Waals surface area contributed by atoms with Gasteiger partial charge in [0.25, 0.3) is 5.91 Å². The van der Waals surface area contributed by atoms with E-state index in [0.717, 1.165) is 54.4 Å². The first-order valence-corrected chi connectivity index (χ1v) is 13.9. The molecule has 2 saturated heterocycles. The number of methoxy groups -OCH3 is 1. The van der Waals surface area contributed by atoms with Gasteiger partial charge >= 0.3 is 0 Å². The predicted molar refractivity (Wildman–Crippen MR) is 151 cm³/mol. The van der Waals surface area contributed by atoms with Gasteiger partial charge in [0, 0.05) is 73.1 Å². The number of rotatable bonds is 5. The van der Waals surface area contributed by atoms with E-state index in [4.69, 9.17) is 4.74 Å². The summed E-state index contributed by atoms with van der Waals surface area (Å²) in [5.41, 5.74) is 3.96. The summed E-state index contributed by atoms with van der Waals surface area (Å²) in [6.07, 6.45) is 4.11. The van der Waals surface area contributed by atoms with Crippen molar-refractivity contribution in [3.63, 3.8) is 0 Å². The Morgan fingerprint density at radius 1 is 0.974 bits per heavy atom. The van der Waals surface area contributed by atoms with Gasteiger partial charge < -0.3 is 19.9 Å². The van der Waals surface area contributed by atoms with E-state index >= 15 is 0 Å². The molecule has 2 aromatic carbocycles. The Morgan fingerprint density at radius 2 is 1.74 bits per heavy atom. The molecule has 0 saturated carbocycles. The first-order chi connectivity index (χ1) is 19.0. The number of carbonyl (C=O) groups excluding carboxylic acids is 1. The average molecular weight is 530 g/mol. The smallest absolute Gasteiger partial charge is 0.254 e. The number of aromatic nitrogens is 1. The number of amides is 1. The van der Waals surface area contributed by atoms with Crippen molar-refractivity contribution < 1.29 is 13.9 Å². The number of benzene rings is 2. The van der Waals surface area contributed by atoms with Gasteiger partial charge in [-0.1, -0.05) is 18.2 Å². The normalized spacial score (nSPS) is 20.5. The van der Waals surface area contributed by atoms with E-state index in [-0.39, 0.29) is 11.8 Å². The minimum atomic E-state index is -0.416. The lowest BCUT2D eigenvalue weighted by Gasteiger charge is -2.42. The van der Waals surface area contributed by atoms with Gasteiger partial charge in [0.05, 0.1) is 7.11 Å². The summed E-state index contributed by atoms with van der Waals surface area (Å²) in [4.78, 5) is 24.9. The lowest BCUT2D eigenvalue weighted by atomic mass is 9.91. The number of nitrogens with zero attached hydrogens (tertiary/aromatic N) is 4. The van der Waals surface area contributed by atoms with Crippen LogP contribution in [0.25, 0.3) is 11.1 Å². The first-order valence-electron chi connectivity index (χ1n) is 13.9. The third kappa shape index (κ3) is 5.23. The number of piperidine rings is 1. The summed E-state index contributed by atoms with van der Waals surface area (Å²) in [5.74, 6) is 1.20. The molecule has 0 spiro atoms. The molecule has 3 aliphatic rings. The van der Waals surface area contributed by atoms with E-state index in [2.05, 4.69) is 39.3 Å². The summed E-state index contributed by atoms with van der Waals surface area (Å²) in [6, 6.07) is 15.3. The van der Waals surface area contributed by atoms with Gasteiger partial charge in [-0.3, -0.25) is 9.69 Å². The van der Waals surface area contributed by atoms with E-state index in [0.29, 0.717) is 36.8 Å². The number of hydrogen-bond donors (Lipinski definition) is 1. The van der Waals surface area contributed by atoms with Crippen LogP contribution in [0.2, 0.25) is 0 Å². The Bertz CT molecular complexity index is 1350. The number of pyridine rings is 1. The maximum atomic E-state index is 14.9. The molecule has 7 nitrogen and oxygen atoms in total. The number of piperazine rings is 1. The molecule has 1 unspecified atom stereocenters. The zero-order valence-corrected chi connectivity index (χ0v) is 22.7. The Balaban J connectivity index is 1.20. The van der Waals surface area contributed by atoms with Crippen LogP contribution in [-0.4, -0.2) is 91.6 Å². The van der Waals surface area contributed by atoms with Crippen molar-refractivity contribution in [2.24, 2.45) is 0 Å². The van der Waals surface area contributed by atoms with Crippen LogP contribution in [0.15, 0.2) is 54.7 Å². The van der Waals surface area contributed by atoms with Crippen LogP contribution < -0.4 is 10.1 Å². The average Bonchev–Trinajstić information content (AvgIpc) is 3.40. The minimum Gasteiger partial charge on any atom is -0.496 e. The lowest BCUT2D eigenvalue weighted by molar-refractivity contribution is 0.0475. The van der Waals surface area contributed by atoms with Gasteiger partial charge in [0.1, 0.15) is 17.4 Å². The van der Waals surface area contributed by atoms with E-state index < -0.39 is 5.82 Å². The summed E-state index contributed by atoms with van der Waals surface area (Å²) >= 11 is 0. The van der Waals surface area contributed by atoms with Crippen molar-refractivity contribution >= 4 is 11.7 Å². The van der Waals surface area contributed by atoms with Gasteiger partial charge in [-0.05, 0) is 68.9 Å². The summed E-state index contributed by atoms with van der Waals surface area (Å²) in [7, 11) is 3.85. The topological polar surface area (TPSA) is 60.9 Å². The van der Waals surface area contributed by atoms with Crippen LogP contribution in [0.4, 0.5) is 10.2 Å². The first kappa shape index (κ1) is 25.8. The van der Waals surface area contributed by atoms with Crippen molar-refractivity contribution in [3.05, 3.63) is 77.2 Å². The predicted octanol–water partition coefficient (Wildman–Crippen LogP) is 4.31. The SMILES string of the molecule is COc1ccccc1C1CNc2ncc(-c3cc(F)cc(C(=O)N4CCN(C5CCN(C)CC5)CC4)c3)cc21. The number of carbonyl (C=O) groups is 1. The molecule has 39 heavy (non-hydrogen) atoms. The lowest BCUT2D eigenvalue weighted by Crippen LogP contribution is -2.54. The van der Waals surface area contributed by atoms with Crippen LogP contribution in [0.3, 0.4) is 0 Å². The van der Waals surface area contributed by atoms with E-state index in [1.165, 1.54) is 25.0 Å². The zero-order chi connectivity index (χ0) is 26.9. The Kier molecular flexibility index (Phi) is 7.23. The highest BCUT2D eigenvalue weighted by Gasteiger charge is 2.30. The van der Waals surface area contributed by atoms with Crippen molar-refractivity contribution in [1.82, 2.24) is 19.7 Å². The van der Waals surface area contributed by atoms with Crippen molar-refractivity contribution in [3.8, 4) is 16.9 Å². The molecule has 2 fully saturated rings. The number of halogens is 1. The molecule has 0 bridgehead atoms. The van der Waals surface area contributed by atoms with E-state index in [9.17, 15) is 9.18 Å². The number of nitrogens with one attached hydrogen (secondary N) is 1. The Morgan fingerprint density at radius 3 is 2.51 bits per heavy atom. The molecule has 0 radical (unpaired) electrons. The van der Waals surface area contributed by atoms with Gasteiger partial charge in [0.15, 0.2) is 0 Å². The molecule has 1 amide bonds. The van der Waals surface area contributed by atoms with Crippen molar-refractivity contribution in [2.75, 3.05) is 65.3 Å². The van der Waals surface area contributed by atoms with Gasteiger partial charge in [0.2, 0.25) is 0 Å². The van der Waals surface area contributed by atoms with Crippen molar-refractivity contribution in [2.45, 2.75) is 24.8 Å². The second-order valence-corrected chi connectivity index (χ2v) is 10.9. The highest BCUT2D eigenvalue weighted by Crippen LogP contribution is 2.40. The molecule has 1 aromatic heterocycles.